The van der Waals surface area contributed by atoms with Gasteiger partial charge in [0.1, 0.15) is 28.3 Å². The van der Waals surface area contributed by atoms with Gasteiger partial charge in [-0.3, -0.25) is 0 Å². The summed E-state index contributed by atoms with van der Waals surface area (Å²) in [7, 11) is 1.61. The van der Waals surface area contributed by atoms with E-state index in [4.69, 9.17) is 20.8 Å². The van der Waals surface area contributed by atoms with E-state index in [0.717, 1.165) is 29.8 Å². The van der Waals surface area contributed by atoms with E-state index >= 15 is 0 Å². The van der Waals surface area contributed by atoms with Crippen LogP contribution in [0.1, 0.15) is 34.6 Å². The monoisotopic (exact) mass is 396 g/mol. The van der Waals surface area contributed by atoms with Crippen LogP contribution in [-0.4, -0.2) is 13.3 Å². The van der Waals surface area contributed by atoms with Gasteiger partial charge in [0.05, 0.1) is 24.5 Å². The van der Waals surface area contributed by atoms with Gasteiger partial charge in [-0.05, 0) is 61.6 Å². The second kappa shape index (κ2) is 7.59. The van der Waals surface area contributed by atoms with Crippen molar-refractivity contribution in [3.63, 3.8) is 0 Å². The first-order valence-corrected chi connectivity index (χ1v) is 9.91. The lowest BCUT2D eigenvalue weighted by Gasteiger charge is -2.09. The second-order valence-corrected chi connectivity index (χ2v) is 7.83. The highest BCUT2D eigenvalue weighted by molar-refractivity contribution is 7.16. The molecule has 4 rings (SSSR count). The van der Waals surface area contributed by atoms with Crippen LogP contribution in [0.15, 0.2) is 39.7 Å². The van der Waals surface area contributed by atoms with Crippen LogP contribution in [0.25, 0.3) is 11.3 Å². The third kappa shape index (κ3) is 3.51. The lowest BCUT2D eigenvalue weighted by molar-refractivity contribution is 0.414. The first kappa shape index (κ1) is 17.8. The van der Waals surface area contributed by atoms with Crippen LogP contribution in [0.3, 0.4) is 0 Å². The number of fused-ring (bicyclic) bond motifs is 1. The molecule has 2 aromatic heterocycles. The van der Waals surface area contributed by atoms with Crippen molar-refractivity contribution in [2.45, 2.75) is 25.7 Å². The van der Waals surface area contributed by atoms with Gasteiger partial charge in [0, 0.05) is 9.90 Å². The topological polar surface area (TPSA) is 58.5 Å². The predicted molar refractivity (Wildman–Crippen MR) is 109 cm³/mol. The molecule has 0 saturated carbocycles. The van der Waals surface area contributed by atoms with E-state index in [1.165, 1.54) is 16.9 Å². The molecular formula is C21H17ClN2O2S. The molecule has 0 aliphatic heterocycles. The van der Waals surface area contributed by atoms with Gasteiger partial charge in [0.2, 0.25) is 0 Å². The molecule has 136 valence electrons. The molecular weight excluding hydrogens is 380 g/mol. The average molecular weight is 397 g/mol. The molecule has 0 amide bonds. The van der Waals surface area contributed by atoms with E-state index in [1.54, 1.807) is 36.8 Å². The van der Waals surface area contributed by atoms with Crippen LogP contribution in [0.4, 0.5) is 5.00 Å². The maximum Gasteiger partial charge on any atom is 0.145 e. The van der Waals surface area contributed by atoms with Crippen LogP contribution in [-0.2, 0) is 12.8 Å². The van der Waals surface area contributed by atoms with Crippen LogP contribution in [0.5, 0.6) is 5.75 Å². The number of thiophene rings is 1. The van der Waals surface area contributed by atoms with Crippen molar-refractivity contribution in [2.75, 3.05) is 7.11 Å². The Morgan fingerprint density at radius 3 is 2.93 bits per heavy atom. The van der Waals surface area contributed by atoms with Crippen molar-refractivity contribution in [2.24, 2.45) is 4.99 Å². The molecule has 6 heteroatoms. The largest absolute Gasteiger partial charge is 0.496 e. The van der Waals surface area contributed by atoms with Crippen molar-refractivity contribution >= 4 is 34.2 Å². The number of ether oxygens (including phenoxy) is 1. The van der Waals surface area contributed by atoms with E-state index in [2.05, 4.69) is 11.1 Å². The SMILES string of the molecule is COc1ccc(Cl)cc1-c1ccc(C=Nc2sc3c(c2C#N)CCCC3)o1. The van der Waals surface area contributed by atoms with E-state index < -0.39 is 0 Å². The van der Waals surface area contributed by atoms with Crippen molar-refractivity contribution in [3.05, 3.63) is 57.1 Å². The first-order valence-electron chi connectivity index (χ1n) is 8.72. The van der Waals surface area contributed by atoms with Crippen LogP contribution < -0.4 is 4.74 Å². The molecule has 1 aliphatic carbocycles. The van der Waals surface area contributed by atoms with Crippen LogP contribution >= 0.6 is 22.9 Å². The molecule has 4 nitrogen and oxygen atoms in total. The Labute approximate surface area is 166 Å². The minimum Gasteiger partial charge on any atom is -0.496 e. The summed E-state index contributed by atoms with van der Waals surface area (Å²) in [5.41, 5.74) is 2.69. The normalized spacial score (nSPS) is 13.5. The fourth-order valence-electron chi connectivity index (χ4n) is 3.32. The fourth-order valence-corrected chi connectivity index (χ4v) is 4.68. The van der Waals surface area contributed by atoms with E-state index in [0.29, 0.717) is 27.9 Å². The molecule has 1 aliphatic rings. The molecule has 1 aromatic carbocycles. The number of nitrogens with zero attached hydrogens (tertiary/aromatic N) is 2. The summed E-state index contributed by atoms with van der Waals surface area (Å²) in [4.78, 5) is 5.84. The quantitative estimate of drug-likeness (QED) is 0.495. The number of rotatable bonds is 4. The maximum atomic E-state index is 9.53. The summed E-state index contributed by atoms with van der Waals surface area (Å²) < 4.78 is 11.3. The number of methoxy groups -OCH3 is 1. The van der Waals surface area contributed by atoms with Gasteiger partial charge in [-0.1, -0.05) is 11.6 Å². The average Bonchev–Trinajstić information content (AvgIpc) is 3.30. The smallest absolute Gasteiger partial charge is 0.145 e. The molecule has 0 radical (unpaired) electrons. The van der Waals surface area contributed by atoms with Crippen molar-refractivity contribution < 1.29 is 9.15 Å². The number of hydrogen-bond acceptors (Lipinski definition) is 5. The zero-order chi connectivity index (χ0) is 18.8. The molecule has 0 bridgehead atoms. The molecule has 0 spiro atoms. The van der Waals surface area contributed by atoms with Crippen LogP contribution in [0, 0.1) is 11.3 Å². The first-order chi connectivity index (χ1) is 13.2. The minimum absolute atomic E-state index is 0.611. The summed E-state index contributed by atoms with van der Waals surface area (Å²) in [6.45, 7) is 0. The zero-order valence-electron chi connectivity index (χ0n) is 14.8. The highest BCUT2D eigenvalue weighted by Gasteiger charge is 2.20. The zero-order valence-corrected chi connectivity index (χ0v) is 16.4. The second-order valence-electron chi connectivity index (χ2n) is 6.31. The van der Waals surface area contributed by atoms with Gasteiger partial charge in [-0.25, -0.2) is 4.99 Å². The highest BCUT2D eigenvalue weighted by atomic mass is 35.5. The Morgan fingerprint density at radius 2 is 2.11 bits per heavy atom. The van der Waals surface area contributed by atoms with Gasteiger partial charge in [0.15, 0.2) is 0 Å². The van der Waals surface area contributed by atoms with Gasteiger partial charge in [-0.2, -0.15) is 5.26 Å². The summed E-state index contributed by atoms with van der Waals surface area (Å²) in [5.74, 6) is 1.96. The third-order valence-electron chi connectivity index (χ3n) is 4.63. The van der Waals surface area contributed by atoms with Crippen molar-refractivity contribution in [1.82, 2.24) is 0 Å². The van der Waals surface area contributed by atoms with Crippen molar-refractivity contribution in [1.29, 1.82) is 5.26 Å². The van der Waals surface area contributed by atoms with E-state index in [9.17, 15) is 5.26 Å². The number of benzene rings is 1. The minimum atomic E-state index is 0.611. The number of aliphatic imine (C=N–C) groups is 1. The highest BCUT2D eigenvalue weighted by Crippen LogP contribution is 2.39. The van der Waals surface area contributed by atoms with Gasteiger partial charge in [0.25, 0.3) is 0 Å². The molecule has 3 aromatic rings. The Kier molecular flexibility index (Phi) is 5.02. The van der Waals surface area contributed by atoms with Gasteiger partial charge >= 0.3 is 0 Å². The summed E-state index contributed by atoms with van der Waals surface area (Å²) >= 11 is 7.72. The van der Waals surface area contributed by atoms with E-state index in [1.807, 2.05) is 18.2 Å². The van der Waals surface area contributed by atoms with Gasteiger partial charge in [-0.15, -0.1) is 11.3 Å². The van der Waals surface area contributed by atoms with Crippen molar-refractivity contribution in [3.8, 4) is 23.1 Å². The third-order valence-corrected chi connectivity index (χ3v) is 6.06. The Hall–Kier alpha value is -2.55. The summed E-state index contributed by atoms with van der Waals surface area (Å²) in [6, 6.07) is 11.4. The number of furan rings is 1. The Bertz CT molecular complexity index is 1060. The summed E-state index contributed by atoms with van der Waals surface area (Å²) in [6.07, 6.45) is 6.02. The fraction of sp³-hybridized carbons (Fsp3) is 0.238. The lowest BCUT2D eigenvalue weighted by atomic mass is 9.96. The van der Waals surface area contributed by atoms with E-state index in [-0.39, 0.29) is 0 Å². The number of halogens is 1. The lowest BCUT2D eigenvalue weighted by Crippen LogP contribution is -1.99. The predicted octanol–water partition coefficient (Wildman–Crippen LogP) is 6.17. The van der Waals surface area contributed by atoms with Crippen LogP contribution in [0.2, 0.25) is 5.02 Å². The van der Waals surface area contributed by atoms with Gasteiger partial charge < -0.3 is 9.15 Å². The Morgan fingerprint density at radius 1 is 1.26 bits per heavy atom. The molecule has 0 atom stereocenters. The molecule has 27 heavy (non-hydrogen) atoms. The molecule has 2 heterocycles. The number of hydrogen-bond donors (Lipinski definition) is 0. The molecule has 0 fully saturated rings. The number of nitriles is 1. The summed E-state index contributed by atoms with van der Waals surface area (Å²) in [5, 5.41) is 10.9. The molecule has 0 N–H and O–H groups in total. The standard InChI is InChI=1S/C21H17ClN2O2S/c1-25-18-8-6-13(22)10-16(18)19-9-7-14(26-19)12-24-21-17(11-23)15-4-2-3-5-20(15)27-21/h6-10,12H,2-5H2,1H3. The molecule has 0 saturated heterocycles. The number of aryl methyl sites for hydroxylation is 1. The Balaban J connectivity index is 1.63. The maximum absolute atomic E-state index is 9.53. The molecule has 0 unspecified atom stereocenters.